The number of hydrogen-bond acceptors (Lipinski definition) is 4. The van der Waals surface area contributed by atoms with Crippen LogP contribution in [0.2, 0.25) is 0 Å². The van der Waals surface area contributed by atoms with Crippen molar-refractivity contribution in [3.63, 3.8) is 0 Å². The maximum atomic E-state index is 12.4. The zero-order chi connectivity index (χ0) is 14.8. The van der Waals surface area contributed by atoms with Gasteiger partial charge in [-0.1, -0.05) is 12.1 Å². The third-order valence-corrected chi connectivity index (χ3v) is 5.35. The number of aliphatic hydroxyl groups is 1. The molecule has 0 aliphatic heterocycles. The number of aliphatic hydroxyl groups excluding tert-OH is 1. The molecule has 1 aromatic carbocycles. The van der Waals surface area contributed by atoms with Gasteiger partial charge in [-0.15, -0.1) is 0 Å². The van der Waals surface area contributed by atoms with Gasteiger partial charge in [0.05, 0.1) is 6.61 Å². The van der Waals surface area contributed by atoms with Crippen LogP contribution in [-0.2, 0) is 16.6 Å². The molecule has 0 saturated heterocycles. The van der Waals surface area contributed by atoms with E-state index in [-0.39, 0.29) is 17.3 Å². The van der Waals surface area contributed by atoms with Crippen LogP contribution in [0.25, 0.3) is 0 Å². The average molecular weight is 357 g/mol. The van der Waals surface area contributed by atoms with E-state index in [4.69, 9.17) is 0 Å². The van der Waals surface area contributed by atoms with E-state index in [0.717, 1.165) is 5.56 Å². The summed E-state index contributed by atoms with van der Waals surface area (Å²) in [6.45, 7) is 1.54. The molecule has 20 heavy (non-hydrogen) atoms. The topological polar surface area (TPSA) is 79.3 Å². The Hall–Kier alpha value is -1.44. The van der Waals surface area contributed by atoms with E-state index < -0.39 is 10.0 Å². The summed E-state index contributed by atoms with van der Waals surface area (Å²) in [6.07, 6.45) is 1.50. The highest BCUT2D eigenvalue weighted by atomic mass is 79.9. The molecule has 0 unspecified atom stereocenters. The predicted molar refractivity (Wildman–Crippen MR) is 79.8 cm³/mol. The monoisotopic (exact) mass is 356 g/mol. The van der Waals surface area contributed by atoms with Crippen molar-refractivity contribution < 1.29 is 13.5 Å². The summed E-state index contributed by atoms with van der Waals surface area (Å²) in [6, 6.07) is 8.11. The summed E-state index contributed by atoms with van der Waals surface area (Å²) in [5.74, 6) is 0.242. The summed E-state index contributed by atoms with van der Waals surface area (Å²) in [5, 5.41) is 9.19. The first-order valence-electron chi connectivity index (χ1n) is 5.78. The van der Waals surface area contributed by atoms with Gasteiger partial charge in [-0.25, -0.2) is 13.4 Å². The SMILES string of the molecule is Cc1cc(CO)cc(S(=O)(=O)Nc2ccccn2)c1Br. The van der Waals surface area contributed by atoms with Gasteiger partial charge in [-0.2, -0.15) is 0 Å². The summed E-state index contributed by atoms with van der Waals surface area (Å²) in [5.41, 5.74) is 1.27. The number of sulfonamides is 1. The fraction of sp³-hybridized carbons (Fsp3) is 0.154. The van der Waals surface area contributed by atoms with Gasteiger partial charge in [0, 0.05) is 10.7 Å². The molecule has 0 aliphatic rings. The van der Waals surface area contributed by atoms with E-state index in [1.54, 1.807) is 31.2 Å². The van der Waals surface area contributed by atoms with Crippen molar-refractivity contribution in [1.82, 2.24) is 4.98 Å². The Morgan fingerprint density at radius 1 is 1.35 bits per heavy atom. The average Bonchev–Trinajstić information content (AvgIpc) is 2.42. The Kier molecular flexibility index (Phi) is 4.42. The summed E-state index contributed by atoms with van der Waals surface area (Å²) in [7, 11) is -3.77. The smallest absolute Gasteiger partial charge is 0.264 e. The second-order valence-corrected chi connectivity index (χ2v) is 6.65. The van der Waals surface area contributed by atoms with Crippen molar-refractivity contribution in [2.24, 2.45) is 0 Å². The van der Waals surface area contributed by atoms with Crippen molar-refractivity contribution >= 4 is 31.8 Å². The second-order valence-electron chi connectivity index (χ2n) is 4.20. The Bertz CT molecular complexity index is 718. The van der Waals surface area contributed by atoms with Gasteiger partial charge in [-0.05, 0) is 52.2 Å². The minimum absolute atomic E-state index is 0.0761. The zero-order valence-electron chi connectivity index (χ0n) is 10.7. The summed E-state index contributed by atoms with van der Waals surface area (Å²) >= 11 is 3.27. The third kappa shape index (κ3) is 3.17. The molecule has 0 fully saturated rings. The van der Waals surface area contributed by atoms with E-state index >= 15 is 0 Å². The van der Waals surface area contributed by atoms with Crippen molar-refractivity contribution in [2.45, 2.75) is 18.4 Å². The van der Waals surface area contributed by atoms with Crippen molar-refractivity contribution in [1.29, 1.82) is 0 Å². The molecule has 0 aliphatic carbocycles. The van der Waals surface area contributed by atoms with Gasteiger partial charge in [0.25, 0.3) is 10.0 Å². The molecular weight excluding hydrogens is 344 g/mol. The molecule has 0 atom stereocenters. The molecule has 7 heteroatoms. The first kappa shape index (κ1) is 15.0. The summed E-state index contributed by atoms with van der Waals surface area (Å²) < 4.78 is 27.6. The van der Waals surface area contributed by atoms with Crippen LogP contribution in [0, 0.1) is 6.92 Å². The Balaban J connectivity index is 2.47. The number of hydrogen-bond donors (Lipinski definition) is 2. The van der Waals surface area contributed by atoms with Gasteiger partial charge in [-0.3, -0.25) is 4.72 Å². The molecule has 1 heterocycles. The lowest BCUT2D eigenvalue weighted by molar-refractivity contribution is 0.281. The highest BCUT2D eigenvalue weighted by molar-refractivity contribution is 9.10. The molecule has 0 spiro atoms. The molecule has 0 radical (unpaired) electrons. The van der Waals surface area contributed by atoms with Crippen LogP contribution < -0.4 is 4.72 Å². The van der Waals surface area contributed by atoms with Crippen LogP contribution in [0.1, 0.15) is 11.1 Å². The lowest BCUT2D eigenvalue weighted by Crippen LogP contribution is -2.15. The normalized spacial score (nSPS) is 11.3. The van der Waals surface area contributed by atoms with Crippen LogP contribution in [0.15, 0.2) is 45.9 Å². The molecular formula is C13H13BrN2O3S. The minimum atomic E-state index is -3.77. The molecule has 2 aromatic rings. The number of nitrogens with one attached hydrogen (secondary N) is 1. The number of benzene rings is 1. The molecule has 2 N–H and O–H groups in total. The van der Waals surface area contributed by atoms with Crippen LogP contribution in [0.3, 0.4) is 0 Å². The van der Waals surface area contributed by atoms with E-state index in [0.29, 0.717) is 10.0 Å². The van der Waals surface area contributed by atoms with Gasteiger partial charge in [0.2, 0.25) is 0 Å². The van der Waals surface area contributed by atoms with E-state index in [1.807, 2.05) is 0 Å². The quantitative estimate of drug-likeness (QED) is 0.881. The largest absolute Gasteiger partial charge is 0.392 e. The van der Waals surface area contributed by atoms with Crippen LogP contribution in [0.4, 0.5) is 5.82 Å². The lowest BCUT2D eigenvalue weighted by atomic mass is 10.1. The first-order valence-corrected chi connectivity index (χ1v) is 8.05. The Morgan fingerprint density at radius 3 is 2.70 bits per heavy atom. The van der Waals surface area contributed by atoms with E-state index in [9.17, 15) is 13.5 Å². The standard InChI is InChI=1S/C13H13BrN2O3S/c1-9-6-10(8-17)7-11(13(9)14)20(18,19)16-12-4-2-3-5-15-12/h2-7,17H,8H2,1H3,(H,15,16). The number of nitrogens with zero attached hydrogens (tertiary/aromatic N) is 1. The van der Waals surface area contributed by atoms with Gasteiger partial charge < -0.3 is 5.11 Å². The molecule has 106 valence electrons. The summed E-state index contributed by atoms with van der Waals surface area (Å²) in [4.78, 5) is 4.01. The van der Waals surface area contributed by atoms with Crippen LogP contribution in [0.5, 0.6) is 0 Å². The third-order valence-electron chi connectivity index (χ3n) is 2.66. The molecule has 0 amide bonds. The highest BCUT2D eigenvalue weighted by Crippen LogP contribution is 2.28. The number of aromatic nitrogens is 1. The number of pyridine rings is 1. The lowest BCUT2D eigenvalue weighted by Gasteiger charge is -2.12. The fourth-order valence-electron chi connectivity index (χ4n) is 1.71. The minimum Gasteiger partial charge on any atom is -0.392 e. The van der Waals surface area contributed by atoms with Gasteiger partial charge in [0.1, 0.15) is 10.7 Å². The first-order chi connectivity index (χ1) is 9.44. The second kappa shape index (κ2) is 5.90. The zero-order valence-corrected chi connectivity index (χ0v) is 13.1. The number of halogens is 1. The van der Waals surface area contributed by atoms with Crippen molar-refractivity contribution in [3.05, 3.63) is 52.1 Å². The van der Waals surface area contributed by atoms with Crippen LogP contribution in [-0.4, -0.2) is 18.5 Å². The highest BCUT2D eigenvalue weighted by Gasteiger charge is 2.20. The molecule has 1 aromatic heterocycles. The molecule has 0 bridgehead atoms. The fourth-order valence-corrected chi connectivity index (χ4v) is 3.79. The molecule has 0 saturated carbocycles. The molecule has 5 nitrogen and oxygen atoms in total. The predicted octanol–water partition coefficient (Wildman–Crippen LogP) is 2.45. The van der Waals surface area contributed by atoms with E-state index in [1.165, 1.54) is 12.3 Å². The Labute approximate surface area is 125 Å². The number of aryl methyl sites for hydroxylation is 1. The van der Waals surface area contributed by atoms with Crippen molar-refractivity contribution in [3.8, 4) is 0 Å². The number of anilines is 1. The molecule has 2 rings (SSSR count). The Morgan fingerprint density at radius 2 is 2.10 bits per heavy atom. The van der Waals surface area contributed by atoms with Gasteiger partial charge >= 0.3 is 0 Å². The van der Waals surface area contributed by atoms with Crippen molar-refractivity contribution in [2.75, 3.05) is 4.72 Å². The number of rotatable bonds is 4. The van der Waals surface area contributed by atoms with Gasteiger partial charge in [0.15, 0.2) is 0 Å². The van der Waals surface area contributed by atoms with E-state index in [2.05, 4.69) is 25.6 Å². The van der Waals surface area contributed by atoms with Crippen LogP contribution >= 0.6 is 15.9 Å². The maximum Gasteiger partial charge on any atom is 0.264 e. The maximum absolute atomic E-state index is 12.4.